The number of fused-ring (bicyclic) bond motifs is 1. The zero-order valence-electron chi connectivity index (χ0n) is 15.4. The van der Waals surface area contributed by atoms with E-state index < -0.39 is 0 Å². The number of amides is 1. The topological polar surface area (TPSA) is 64.0 Å². The second-order valence-electron chi connectivity index (χ2n) is 7.31. The Labute approximate surface area is 162 Å². The number of nitrogens with one attached hydrogen (secondary N) is 1. The van der Waals surface area contributed by atoms with Gasteiger partial charge in [0.15, 0.2) is 0 Å². The molecule has 5 nitrogen and oxygen atoms in total. The molecular formula is C21H23N3O2S. The Morgan fingerprint density at radius 3 is 2.81 bits per heavy atom. The molecule has 3 aromatic rings. The maximum atomic E-state index is 13.0. The lowest BCUT2D eigenvalue weighted by Gasteiger charge is -2.29. The van der Waals surface area contributed by atoms with Crippen molar-refractivity contribution in [2.75, 3.05) is 0 Å². The molecule has 1 amide bonds. The van der Waals surface area contributed by atoms with Gasteiger partial charge in [0.05, 0.1) is 11.7 Å². The summed E-state index contributed by atoms with van der Waals surface area (Å²) in [7, 11) is 0. The van der Waals surface area contributed by atoms with Crippen LogP contribution >= 0.6 is 11.3 Å². The molecule has 0 unspecified atom stereocenters. The monoisotopic (exact) mass is 381 g/mol. The highest BCUT2D eigenvalue weighted by atomic mass is 32.1. The van der Waals surface area contributed by atoms with Crippen LogP contribution in [0.3, 0.4) is 0 Å². The SMILES string of the molecule is C[C@@H]1CCCC[C@H]1NC(=O)Cn1cnc2scc(-c3ccccc3)c2c1=O. The molecule has 1 aliphatic carbocycles. The summed E-state index contributed by atoms with van der Waals surface area (Å²) in [5.41, 5.74) is 1.71. The Bertz CT molecular complexity index is 1010. The van der Waals surface area contributed by atoms with E-state index in [9.17, 15) is 9.59 Å². The van der Waals surface area contributed by atoms with Gasteiger partial charge in [-0.2, -0.15) is 0 Å². The molecule has 1 saturated carbocycles. The first-order chi connectivity index (χ1) is 13.1. The Kier molecular flexibility index (Phi) is 5.07. The Balaban J connectivity index is 1.60. The van der Waals surface area contributed by atoms with E-state index in [4.69, 9.17) is 0 Å². The van der Waals surface area contributed by atoms with Crippen LogP contribution in [-0.4, -0.2) is 21.5 Å². The summed E-state index contributed by atoms with van der Waals surface area (Å²) in [5.74, 6) is 0.370. The predicted molar refractivity (Wildman–Crippen MR) is 109 cm³/mol. The normalized spacial score (nSPS) is 19.9. The van der Waals surface area contributed by atoms with E-state index in [0.717, 1.165) is 30.4 Å². The van der Waals surface area contributed by atoms with Crippen molar-refractivity contribution in [1.82, 2.24) is 14.9 Å². The van der Waals surface area contributed by atoms with Crippen molar-refractivity contribution in [3.8, 4) is 11.1 Å². The highest BCUT2D eigenvalue weighted by Crippen LogP contribution is 2.30. The summed E-state index contributed by atoms with van der Waals surface area (Å²) in [6.45, 7) is 2.19. The number of thiophene rings is 1. The van der Waals surface area contributed by atoms with E-state index in [1.54, 1.807) is 0 Å². The molecule has 1 aliphatic rings. The van der Waals surface area contributed by atoms with Crippen LogP contribution in [0.5, 0.6) is 0 Å². The molecule has 1 N–H and O–H groups in total. The van der Waals surface area contributed by atoms with Gasteiger partial charge < -0.3 is 5.32 Å². The summed E-state index contributed by atoms with van der Waals surface area (Å²) in [6.07, 6.45) is 6.03. The second-order valence-corrected chi connectivity index (χ2v) is 8.17. The molecule has 1 aromatic carbocycles. The van der Waals surface area contributed by atoms with E-state index in [-0.39, 0.29) is 24.1 Å². The van der Waals surface area contributed by atoms with Gasteiger partial charge >= 0.3 is 0 Å². The van der Waals surface area contributed by atoms with Crippen molar-refractivity contribution in [3.05, 3.63) is 52.4 Å². The molecule has 0 aliphatic heterocycles. The molecule has 4 rings (SSSR count). The summed E-state index contributed by atoms with van der Waals surface area (Å²) >= 11 is 1.45. The minimum atomic E-state index is -0.160. The van der Waals surface area contributed by atoms with Crippen LogP contribution in [0, 0.1) is 5.92 Å². The minimum Gasteiger partial charge on any atom is -0.352 e. The van der Waals surface area contributed by atoms with Gasteiger partial charge in [-0.05, 0) is 24.3 Å². The standard InChI is InChI=1S/C21H23N3O2S/c1-14-7-5-6-10-17(14)23-18(25)11-24-13-22-20-19(21(24)26)16(12-27-20)15-8-3-2-4-9-15/h2-4,8-9,12-14,17H,5-7,10-11H2,1H3,(H,23,25)/t14-,17-/m1/s1. The van der Waals surface area contributed by atoms with Gasteiger partial charge in [0.2, 0.25) is 5.91 Å². The first-order valence-electron chi connectivity index (χ1n) is 9.45. The van der Waals surface area contributed by atoms with Crippen molar-refractivity contribution in [1.29, 1.82) is 0 Å². The molecule has 140 valence electrons. The number of carbonyl (C=O) groups is 1. The fraction of sp³-hybridized carbons (Fsp3) is 0.381. The Morgan fingerprint density at radius 1 is 1.26 bits per heavy atom. The quantitative estimate of drug-likeness (QED) is 0.747. The van der Waals surface area contributed by atoms with E-state index in [0.29, 0.717) is 16.1 Å². The molecule has 2 heterocycles. The summed E-state index contributed by atoms with van der Waals surface area (Å²) in [5, 5.41) is 5.66. The van der Waals surface area contributed by atoms with E-state index >= 15 is 0 Å². The average molecular weight is 382 g/mol. The molecule has 0 radical (unpaired) electrons. The van der Waals surface area contributed by atoms with E-state index in [2.05, 4.69) is 17.2 Å². The molecule has 27 heavy (non-hydrogen) atoms. The second kappa shape index (κ2) is 7.64. The lowest BCUT2D eigenvalue weighted by Crippen LogP contribution is -2.43. The molecular weight excluding hydrogens is 358 g/mol. The van der Waals surface area contributed by atoms with Crippen LogP contribution in [0.2, 0.25) is 0 Å². The molecule has 0 spiro atoms. The van der Waals surface area contributed by atoms with Gasteiger partial charge in [-0.25, -0.2) is 4.98 Å². The fourth-order valence-corrected chi connectivity index (χ4v) is 4.75. The summed E-state index contributed by atoms with van der Waals surface area (Å²) in [4.78, 5) is 30.6. The lowest BCUT2D eigenvalue weighted by atomic mass is 9.86. The van der Waals surface area contributed by atoms with Gasteiger partial charge in [0.1, 0.15) is 11.4 Å². The molecule has 2 aromatic heterocycles. The van der Waals surface area contributed by atoms with Crippen LogP contribution in [0.4, 0.5) is 0 Å². The van der Waals surface area contributed by atoms with Crippen molar-refractivity contribution in [2.24, 2.45) is 5.92 Å². The number of carbonyl (C=O) groups excluding carboxylic acids is 1. The molecule has 1 fully saturated rings. The van der Waals surface area contributed by atoms with Crippen LogP contribution in [0.15, 0.2) is 46.8 Å². The third-order valence-electron chi connectivity index (χ3n) is 5.42. The molecule has 2 atom stereocenters. The number of nitrogens with zero attached hydrogens (tertiary/aromatic N) is 2. The van der Waals surface area contributed by atoms with Crippen molar-refractivity contribution < 1.29 is 4.79 Å². The number of benzene rings is 1. The molecule has 0 bridgehead atoms. The van der Waals surface area contributed by atoms with Crippen LogP contribution < -0.4 is 10.9 Å². The Morgan fingerprint density at radius 2 is 2.04 bits per heavy atom. The van der Waals surface area contributed by atoms with Gasteiger partial charge in [0, 0.05) is 17.0 Å². The molecule has 0 saturated heterocycles. The van der Waals surface area contributed by atoms with Crippen LogP contribution in [-0.2, 0) is 11.3 Å². The van der Waals surface area contributed by atoms with E-state index in [1.807, 2.05) is 35.7 Å². The van der Waals surface area contributed by atoms with Crippen LogP contribution in [0.25, 0.3) is 21.3 Å². The highest BCUT2D eigenvalue weighted by Gasteiger charge is 2.23. The average Bonchev–Trinajstić information content (AvgIpc) is 3.11. The maximum Gasteiger partial charge on any atom is 0.263 e. The van der Waals surface area contributed by atoms with Crippen molar-refractivity contribution in [3.63, 3.8) is 0 Å². The van der Waals surface area contributed by atoms with Crippen LogP contribution in [0.1, 0.15) is 32.6 Å². The lowest BCUT2D eigenvalue weighted by molar-refractivity contribution is -0.123. The van der Waals surface area contributed by atoms with Gasteiger partial charge in [-0.15, -0.1) is 11.3 Å². The first kappa shape index (κ1) is 17.9. The third kappa shape index (κ3) is 3.67. The van der Waals surface area contributed by atoms with E-state index in [1.165, 1.54) is 28.7 Å². The predicted octanol–water partition coefficient (Wildman–Crippen LogP) is 3.82. The minimum absolute atomic E-state index is 0.00900. The molecule has 6 heteroatoms. The smallest absolute Gasteiger partial charge is 0.263 e. The highest BCUT2D eigenvalue weighted by molar-refractivity contribution is 7.17. The summed E-state index contributed by atoms with van der Waals surface area (Å²) < 4.78 is 1.42. The Hall–Kier alpha value is -2.47. The van der Waals surface area contributed by atoms with Gasteiger partial charge in [-0.1, -0.05) is 50.1 Å². The maximum absolute atomic E-state index is 13.0. The van der Waals surface area contributed by atoms with Gasteiger partial charge in [0.25, 0.3) is 5.56 Å². The third-order valence-corrected chi connectivity index (χ3v) is 6.30. The number of hydrogen-bond donors (Lipinski definition) is 1. The number of rotatable bonds is 4. The first-order valence-corrected chi connectivity index (χ1v) is 10.3. The van der Waals surface area contributed by atoms with Crippen molar-refractivity contribution >= 4 is 27.5 Å². The van der Waals surface area contributed by atoms with Gasteiger partial charge in [-0.3, -0.25) is 14.2 Å². The summed E-state index contributed by atoms with van der Waals surface area (Å²) in [6, 6.07) is 10.0. The number of aromatic nitrogens is 2. The zero-order chi connectivity index (χ0) is 18.8. The van der Waals surface area contributed by atoms with Crippen molar-refractivity contribution in [2.45, 2.75) is 45.2 Å². The zero-order valence-corrected chi connectivity index (χ0v) is 16.2. The fourth-order valence-electron chi connectivity index (χ4n) is 3.85. The largest absolute Gasteiger partial charge is 0.352 e. The number of hydrogen-bond acceptors (Lipinski definition) is 4.